The summed E-state index contributed by atoms with van der Waals surface area (Å²) in [7, 11) is -10.1. The van der Waals surface area contributed by atoms with E-state index in [2.05, 4.69) is 76.3 Å². The van der Waals surface area contributed by atoms with Gasteiger partial charge in [0.1, 0.15) is 20.2 Å². The minimum atomic E-state index is -5.04. The Morgan fingerprint density at radius 3 is 0.528 bits per heavy atom. The molecule has 0 bridgehead atoms. The second kappa shape index (κ2) is 92.2. The fraction of sp³-hybridized carbons (Fsp3) is 0.778. The minimum absolute atomic E-state index is 0. The largest absolute Gasteiger partial charge is 2.00 e. The van der Waals surface area contributed by atoms with E-state index < -0.39 is 65.0 Å². The molecule has 0 fully saturated rings. The van der Waals surface area contributed by atoms with E-state index in [-0.39, 0.29) is 75.3 Å². The van der Waals surface area contributed by atoms with E-state index in [9.17, 15) is 45.1 Å². The molecule has 0 radical (unpaired) electrons. The summed E-state index contributed by atoms with van der Waals surface area (Å²) in [5, 5.41) is 0. The van der Waals surface area contributed by atoms with Gasteiger partial charge in [-0.15, -0.1) is 0 Å². The molecule has 0 spiro atoms. The van der Waals surface area contributed by atoms with Gasteiger partial charge in [0.25, 0.3) is 0 Å². The molecule has 0 saturated carbocycles. The molecule has 716 valence electrons. The number of carbonyl (C=O) groups excluding carboxylic acids is 4. The maximum atomic E-state index is 13.1. The molecule has 2 aromatic carbocycles. The first-order valence-corrected chi connectivity index (χ1v) is 54.9. The molecule has 0 atom stereocenters. The molecular formula is C108H186CaO14S2. The molecule has 0 saturated heterocycles. The van der Waals surface area contributed by atoms with E-state index in [1.807, 2.05) is 0 Å². The molecule has 0 aliphatic rings. The number of ether oxygens (including phenoxy) is 4. The van der Waals surface area contributed by atoms with Gasteiger partial charge in [-0.25, -0.2) is 36.0 Å². The quantitative estimate of drug-likeness (QED) is 0.0150. The molecule has 0 heterocycles. The normalized spacial score (nSPS) is 11.8. The van der Waals surface area contributed by atoms with E-state index >= 15 is 0 Å². The van der Waals surface area contributed by atoms with Crippen LogP contribution in [0.2, 0.25) is 0 Å². The molecular weight excluding hydrogens is 1630 g/mol. The summed E-state index contributed by atoms with van der Waals surface area (Å²) in [6.07, 6.45) is 113. The zero-order valence-electron chi connectivity index (χ0n) is 80.9. The number of benzene rings is 2. The maximum Gasteiger partial charge on any atom is 2.00 e. The summed E-state index contributed by atoms with van der Waals surface area (Å²) in [5.74, 6) is -3.73. The predicted molar refractivity (Wildman–Crippen MR) is 526 cm³/mol. The van der Waals surface area contributed by atoms with Crippen molar-refractivity contribution >= 4 is 81.9 Å². The average Bonchev–Trinajstić information content (AvgIpc) is 0.795. The number of allylic oxidation sites excluding steroid dienone is 8. The van der Waals surface area contributed by atoms with Gasteiger partial charge in [0.15, 0.2) is 0 Å². The predicted octanol–water partition coefficient (Wildman–Crippen LogP) is 33.4. The Kier molecular flexibility index (Phi) is 89.5. The second-order valence-corrected chi connectivity index (χ2v) is 38.3. The van der Waals surface area contributed by atoms with Crippen molar-refractivity contribution in [1.82, 2.24) is 0 Å². The van der Waals surface area contributed by atoms with Gasteiger partial charge in [-0.2, -0.15) is 0 Å². The van der Waals surface area contributed by atoms with E-state index in [1.54, 1.807) is 0 Å². The summed E-state index contributed by atoms with van der Waals surface area (Å²) in [4.78, 5) is 50.5. The fourth-order valence-corrected chi connectivity index (χ4v) is 17.6. The summed E-state index contributed by atoms with van der Waals surface area (Å²) in [5.41, 5.74) is -1.65. The Hall–Kier alpha value is -3.64. The van der Waals surface area contributed by atoms with E-state index in [0.717, 1.165) is 50.7 Å². The Balaban J connectivity index is 0.00000244. The van der Waals surface area contributed by atoms with Crippen molar-refractivity contribution in [3.05, 3.63) is 107 Å². The van der Waals surface area contributed by atoms with E-state index in [1.165, 1.54) is 435 Å². The van der Waals surface area contributed by atoms with Gasteiger partial charge in [0.2, 0.25) is 0 Å². The zero-order valence-corrected chi connectivity index (χ0v) is 84.7. The van der Waals surface area contributed by atoms with Crippen molar-refractivity contribution in [2.24, 2.45) is 0 Å². The number of rotatable bonds is 90. The van der Waals surface area contributed by atoms with Crippen LogP contribution in [0, 0.1) is 0 Å². The molecule has 125 heavy (non-hydrogen) atoms. The number of carbonyl (C=O) groups is 4. The van der Waals surface area contributed by atoms with Gasteiger partial charge in [-0.3, -0.25) is 0 Å². The summed E-state index contributed by atoms with van der Waals surface area (Å²) in [6, 6.07) is 7.19. The first kappa shape index (κ1) is 121. The summed E-state index contributed by atoms with van der Waals surface area (Å²) in [6.45, 7) is 9.39. The first-order chi connectivity index (χ1) is 60.6. The maximum absolute atomic E-state index is 13.1. The van der Waals surface area contributed by atoms with E-state index in [4.69, 9.17) is 18.9 Å². The van der Waals surface area contributed by atoms with Crippen LogP contribution in [0.25, 0.3) is 0 Å². The Morgan fingerprint density at radius 2 is 0.368 bits per heavy atom. The zero-order chi connectivity index (χ0) is 90.1. The van der Waals surface area contributed by atoms with Crippen LogP contribution in [0.15, 0.2) is 94.8 Å². The summed E-state index contributed by atoms with van der Waals surface area (Å²) < 4.78 is 93.7. The fourth-order valence-electron chi connectivity index (χ4n) is 16.2. The molecule has 17 heteroatoms. The van der Waals surface area contributed by atoms with Crippen molar-refractivity contribution in [3.8, 4) is 0 Å². The number of esters is 4. The van der Waals surface area contributed by atoms with Gasteiger partial charge in [-0.05, 0) is 127 Å². The van der Waals surface area contributed by atoms with Gasteiger partial charge in [0.05, 0.1) is 58.5 Å². The van der Waals surface area contributed by atoms with Crippen molar-refractivity contribution in [2.75, 3.05) is 26.4 Å². The van der Waals surface area contributed by atoms with Gasteiger partial charge < -0.3 is 28.1 Å². The molecule has 0 aliphatic carbocycles. The van der Waals surface area contributed by atoms with Gasteiger partial charge in [0, 0.05) is 0 Å². The molecule has 0 amide bonds. The van der Waals surface area contributed by atoms with Crippen molar-refractivity contribution in [3.63, 3.8) is 0 Å². The SMILES string of the molecule is CCCCCCCCCCCCCCCCCC/C=C/CCCOC(=O)c1cccc(S(=O)(=O)[O-])c1C(=O)OCCC/C=C/CCCCCCCCCCCCCCCCCC.CCCCCCCCCCCCCCCCCC/C=C/CCCOC(=O)c1cccc(S(=O)(=O)[O-])c1C(=O)OCCC/C=C/CCCCCCCCCCCCCCCCCC.[Ca+2]. The molecule has 2 aromatic rings. The second-order valence-electron chi connectivity index (χ2n) is 35.6. The van der Waals surface area contributed by atoms with Crippen LogP contribution in [-0.4, -0.2) is 114 Å². The average molecular weight is 1810 g/mol. The van der Waals surface area contributed by atoms with Crippen molar-refractivity contribution < 1.29 is 64.1 Å². The number of hydrogen-bond acceptors (Lipinski definition) is 14. The van der Waals surface area contributed by atoms with Crippen LogP contribution < -0.4 is 0 Å². The third kappa shape index (κ3) is 76.6. The Morgan fingerprint density at radius 1 is 0.224 bits per heavy atom. The third-order valence-corrected chi connectivity index (χ3v) is 25.8. The van der Waals surface area contributed by atoms with Crippen LogP contribution in [-0.2, 0) is 39.2 Å². The molecule has 0 unspecified atom stereocenters. The first-order valence-electron chi connectivity index (χ1n) is 52.1. The molecule has 0 aliphatic heterocycles. The van der Waals surface area contributed by atoms with Crippen LogP contribution >= 0.6 is 0 Å². The third-order valence-electron chi connectivity index (χ3n) is 24.0. The molecule has 0 aromatic heterocycles. The van der Waals surface area contributed by atoms with Crippen LogP contribution in [0.4, 0.5) is 0 Å². The Bertz CT molecular complexity index is 2950. The summed E-state index contributed by atoms with van der Waals surface area (Å²) >= 11 is 0. The smallest absolute Gasteiger partial charge is 0.744 e. The van der Waals surface area contributed by atoms with Gasteiger partial charge in [-0.1, -0.05) is 474 Å². The number of hydrogen-bond donors (Lipinski definition) is 0. The monoisotopic (exact) mass is 1810 g/mol. The Labute approximate surface area is 798 Å². The van der Waals surface area contributed by atoms with Crippen molar-refractivity contribution in [2.45, 2.75) is 525 Å². The molecule has 2 rings (SSSR count). The van der Waals surface area contributed by atoms with Crippen LogP contribution in [0.1, 0.15) is 557 Å². The molecule has 14 nitrogen and oxygen atoms in total. The van der Waals surface area contributed by atoms with Crippen LogP contribution in [0.3, 0.4) is 0 Å². The minimum Gasteiger partial charge on any atom is -0.744 e. The van der Waals surface area contributed by atoms with Gasteiger partial charge >= 0.3 is 61.6 Å². The van der Waals surface area contributed by atoms with E-state index in [0.29, 0.717) is 38.5 Å². The standard InChI is InChI=1S/2C54H94O7S.Ca/c2*1-3-5-7-9-11-13-15-17-19-21-23-25-27-29-31-33-35-37-39-41-43-48-60-53(55)50-46-45-47-51(62(57,58)59)52(50)54(56)61-49-44-42-40-38-36-34-32-30-28-26-24-22-20-18-16-14-12-10-8-6-4-2;/h2*37-40,45-47H,3-36,41-44,48-49H2,1-2H3,(H,57,58,59);/q;;+2/p-2/b2*39-37+,40-38+;. The molecule has 0 N–H and O–H groups in total. The number of unbranched alkanes of at least 4 members (excludes halogenated alkanes) is 68. The van der Waals surface area contributed by atoms with Crippen molar-refractivity contribution in [1.29, 1.82) is 0 Å². The van der Waals surface area contributed by atoms with Crippen LogP contribution in [0.5, 0.6) is 0 Å². The topological polar surface area (TPSA) is 220 Å².